The first-order chi connectivity index (χ1) is 10.4. The lowest BCUT2D eigenvalue weighted by Gasteiger charge is -2.23. The Labute approximate surface area is 128 Å². The Kier molecular flexibility index (Phi) is 4.77. The summed E-state index contributed by atoms with van der Waals surface area (Å²) in [7, 11) is 3.29. The molecule has 118 valence electrons. The summed E-state index contributed by atoms with van der Waals surface area (Å²) in [5.74, 6) is 0.405. The number of methoxy groups -OCH3 is 1. The van der Waals surface area contributed by atoms with Gasteiger partial charge in [-0.25, -0.2) is 0 Å². The van der Waals surface area contributed by atoms with Crippen molar-refractivity contribution in [1.82, 2.24) is 20.3 Å². The maximum atomic E-state index is 11.9. The number of ether oxygens (including phenoxy) is 1. The lowest BCUT2D eigenvalue weighted by Crippen LogP contribution is -2.42. The van der Waals surface area contributed by atoms with Crippen molar-refractivity contribution in [3.05, 3.63) is 41.7 Å². The van der Waals surface area contributed by atoms with E-state index in [4.69, 9.17) is 4.74 Å². The Morgan fingerprint density at radius 1 is 1.41 bits per heavy atom. The summed E-state index contributed by atoms with van der Waals surface area (Å²) in [4.78, 5) is 11.9. The molecular formula is C15H20N4O3. The quantitative estimate of drug-likeness (QED) is 0.813. The summed E-state index contributed by atoms with van der Waals surface area (Å²) in [6, 6.07) is 7.45. The van der Waals surface area contributed by atoms with E-state index >= 15 is 0 Å². The average molecular weight is 304 g/mol. The van der Waals surface area contributed by atoms with Crippen molar-refractivity contribution in [3.63, 3.8) is 0 Å². The molecule has 0 aliphatic rings. The van der Waals surface area contributed by atoms with Gasteiger partial charge in [0.05, 0.1) is 18.9 Å². The van der Waals surface area contributed by atoms with Gasteiger partial charge in [0.25, 0.3) is 5.91 Å². The van der Waals surface area contributed by atoms with Gasteiger partial charge in [0.15, 0.2) is 5.69 Å². The molecule has 1 atom stereocenters. The van der Waals surface area contributed by atoms with Crippen LogP contribution in [-0.2, 0) is 13.5 Å². The van der Waals surface area contributed by atoms with Gasteiger partial charge < -0.3 is 15.2 Å². The molecule has 0 radical (unpaired) electrons. The van der Waals surface area contributed by atoms with Crippen molar-refractivity contribution in [2.24, 2.45) is 7.05 Å². The van der Waals surface area contributed by atoms with Crippen LogP contribution in [0.5, 0.6) is 5.75 Å². The summed E-state index contributed by atoms with van der Waals surface area (Å²) in [6.07, 6.45) is 1.94. The summed E-state index contributed by atoms with van der Waals surface area (Å²) in [6.45, 7) is 1.79. The average Bonchev–Trinajstić information content (AvgIpc) is 2.92. The number of nitrogens with one attached hydrogen (secondary N) is 1. The van der Waals surface area contributed by atoms with Crippen LogP contribution in [0.1, 0.15) is 23.0 Å². The van der Waals surface area contributed by atoms with Gasteiger partial charge in [-0.05, 0) is 24.6 Å². The zero-order valence-corrected chi connectivity index (χ0v) is 12.9. The van der Waals surface area contributed by atoms with Crippen LogP contribution in [0.25, 0.3) is 0 Å². The predicted octanol–water partition coefficient (Wildman–Crippen LogP) is 0.547. The maximum absolute atomic E-state index is 11.9. The van der Waals surface area contributed by atoms with E-state index < -0.39 is 5.60 Å². The van der Waals surface area contributed by atoms with E-state index in [2.05, 4.69) is 15.6 Å². The molecule has 0 aliphatic carbocycles. The van der Waals surface area contributed by atoms with E-state index in [-0.39, 0.29) is 18.1 Å². The number of benzene rings is 1. The van der Waals surface area contributed by atoms with Gasteiger partial charge in [0.2, 0.25) is 0 Å². The number of aryl methyl sites for hydroxylation is 1. The van der Waals surface area contributed by atoms with Gasteiger partial charge >= 0.3 is 0 Å². The molecule has 2 rings (SSSR count). The Hall–Kier alpha value is -2.41. The zero-order valence-electron chi connectivity index (χ0n) is 12.9. The number of hydrogen-bond donors (Lipinski definition) is 2. The summed E-state index contributed by atoms with van der Waals surface area (Å²) >= 11 is 0. The van der Waals surface area contributed by atoms with Gasteiger partial charge in [-0.15, -0.1) is 5.10 Å². The van der Waals surface area contributed by atoms with E-state index in [1.54, 1.807) is 21.1 Å². The lowest BCUT2D eigenvalue weighted by atomic mass is 9.96. The molecule has 1 aromatic carbocycles. The number of rotatable bonds is 6. The van der Waals surface area contributed by atoms with Crippen LogP contribution in [0.15, 0.2) is 30.5 Å². The highest BCUT2D eigenvalue weighted by Crippen LogP contribution is 2.16. The van der Waals surface area contributed by atoms with Gasteiger partial charge in [-0.3, -0.25) is 9.48 Å². The summed E-state index contributed by atoms with van der Waals surface area (Å²) in [5, 5.41) is 20.5. The molecule has 2 N–H and O–H groups in total. The second-order valence-electron chi connectivity index (χ2n) is 5.48. The van der Waals surface area contributed by atoms with Gasteiger partial charge in [-0.2, -0.15) is 0 Å². The first-order valence-corrected chi connectivity index (χ1v) is 6.89. The van der Waals surface area contributed by atoms with Crippen molar-refractivity contribution >= 4 is 5.91 Å². The second kappa shape index (κ2) is 6.57. The predicted molar refractivity (Wildman–Crippen MR) is 80.7 cm³/mol. The number of hydrogen-bond acceptors (Lipinski definition) is 5. The monoisotopic (exact) mass is 304 g/mol. The first kappa shape index (κ1) is 16.0. The van der Waals surface area contributed by atoms with Gasteiger partial charge in [0, 0.05) is 20.0 Å². The van der Waals surface area contributed by atoms with Crippen molar-refractivity contribution in [2.75, 3.05) is 13.7 Å². The molecule has 0 bridgehead atoms. The Bertz CT molecular complexity index is 634. The van der Waals surface area contributed by atoms with Crippen LogP contribution in [0.3, 0.4) is 0 Å². The Morgan fingerprint density at radius 3 is 2.64 bits per heavy atom. The van der Waals surface area contributed by atoms with Crippen molar-refractivity contribution in [2.45, 2.75) is 18.9 Å². The normalized spacial score (nSPS) is 13.5. The molecule has 0 aliphatic heterocycles. The highest BCUT2D eigenvalue weighted by atomic mass is 16.5. The molecule has 0 saturated carbocycles. The van der Waals surface area contributed by atoms with E-state index in [1.807, 2.05) is 24.3 Å². The van der Waals surface area contributed by atoms with Crippen LogP contribution < -0.4 is 10.1 Å². The SMILES string of the molecule is COc1ccc(C[C@](C)(O)CNC(=O)c2cn(C)nn2)cc1. The molecule has 0 saturated heterocycles. The topological polar surface area (TPSA) is 89.3 Å². The number of nitrogens with zero attached hydrogens (tertiary/aromatic N) is 3. The fraction of sp³-hybridized carbons (Fsp3) is 0.400. The standard InChI is InChI=1S/C15H20N4O3/c1-15(21,8-11-4-6-12(22-3)7-5-11)10-16-14(20)13-9-19(2)18-17-13/h4-7,9,21H,8,10H2,1-3H3,(H,16,20)/t15-/m0/s1. The minimum absolute atomic E-state index is 0.119. The Balaban J connectivity index is 1.91. The fourth-order valence-electron chi connectivity index (χ4n) is 2.06. The number of carbonyl (C=O) groups excluding carboxylic acids is 1. The number of aromatic nitrogens is 3. The highest BCUT2D eigenvalue weighted by molar-refractivity contribution is 5.91. The lowest BCUT2D eigenvalue weighted by molar-refractivity contribution is 0.0551. The number of carbonyl (C=O) groups is 1. The molecule has 1 amide bonds. The van der Waals surface area contributed by atoms with E-state index in [0.717, 1.165) is 11.3 Å². The molecule has 1 heterocycles. The molecular weight excluding hydrogens is 284 g/mol. The van der Waals surface area contributed by atoms with E-state index in [0.29, 0.717) is 6.42 Å². The Morgan fingerprint density at radius 2 is 2.09 bits per heavy atom. The molecule has 0 spiro atoms. The summed E-state index contributed by atoms with van der Waals surface area (Å²) in [5.41, 5.74) is 0.120. The fourth-order valence-corrected chi connectivity index (χ4v) is 2.06. The van der Waals surface area contributed by atoms with Crippen LogP contribution in [0.2, 0.25) is 0 Å². The van der Waals surface area contributed by atoms with Gasteiger partial charge in [0.1, 0.15) is 5.75 Å². The molecule has 0 fully saturated rings. The minimum atomic E-state index is -1.06. The van der Waals surface area contributed by atoms with Crippen molar-refractivity contribution < 1.29 is 14.6 Å². The van der Waals surface area contributed by atoms with Crippen LogP contribution >= 0.6 is 0 Å². The molecule has 2 aromatic rings. The third-order valence-electron chi connectivity index (χ3n) is 3.21. The van der Waals surface area contributed by atoms with Gasteiger partial charge in [-0.1, -0.05) is 17.3 Å². The summed E-state index contributed by atoms with van der Waals surface area (Å²) < 4.78 is 6.54. The second-order valence-corrected chi connectivity index (χ2v) is 5.48. The third-order valence-corrected chi connectivity index (χ3v) is 3.21. The highest BCUT2D eigenvalue weighted by Gasteiger charge is 2.23. The number of amides is 1. The molecule has 1 aromatic heterocycles. The smallest absolute Gasteiger partial charge is 0.273 e. The van der Waals surface area contributed by atoms with Crippen LogP contribution in [0.4, 0.5) is 0 Å². The molecule has 0 unspecified atom stereocenters. The van der Waals surface area contributed by atoms with Crippen molar-refractivity contribution in [3.8, 4) is 5.75 Å². The third kappa shape index (κ3) is 4.29. The maximum Gasteiger partial charge on any atom is 0.273 e. The minimum Gasteiger partial charge on any atom is -0.497 e. The van der Waals surface area contributed by atoms with Crippen molar-refractivity contribution in [1.29, 1.82) is 0 Å². The van der Waals surface area contributed by atoms with Crippen LogP contribution in [-0.4, -0.2) is 45.3 Å². The molecule has 22 heavy (non-hydrogen) atoms. The van der Waals surface area contributed by atoms with E-state index in [9.17, 15) is 9.90 Å². The number of aliphatic hydroxyl groups is 1. The van der Waals surface area contributed by atoms with E-state index in [1.165, 1.54) is 10.9 Å². The van der Waals surface area contributed by atoms with Crippen LogP contribution in [0, 0.1) is 0 Å². The molecule has 7 heteroatoms. The first-order valence-electron chi connectivity index (χ1n) is 6.89. The molecule has 7 nitrogen and oxygen atoms in total. The zero-order chi connectivity index (χ0) is 16.2. The largest absolute Gasteiger partial charge is 0.497 e.